The van der Waals surface area contributed by atoms with Crippen LogP contribution in [0.1, 0.15) is 37.4 Å². The Balaban J connectivity index is 2.36. The van der Waals surface area contributed by atoms with E-state index in [9.17, 15) is 4.39 Å². The van der Waals surface area contributed by atoms with E-state index in [4.69, 9.17) is 11.6 Å². The lowest BCUT2D eigenvalue weighted by molar-refractivity contribution is 0.639. The van der Waals surface area contributed by atoms with Gasteiger partial charge in [-0.25, -0.2) is 4.39 Å². The fourth-order valence-corrected chi connectivity index (χ4v) is 3.20. The van der Waals surface area contributed by atoms with E-state index in [1.54, 1.807) is 6.07 Å². The molecular formula is C16H18ClFN2. The maximum absolute atomic E-state index is 14.3. The van der Waals surface area contributed by atoms with Crippen molar-refractivity contribution < 1.29 is 4.39 Å². The van der Waals surface area contributed by atoms with Crippen molar-refractivity contribution in [2.75, 3.05) is 11.9 Å². The summed E-state index contributed by atoms with van der Waals surface area (Å²) in [7, 11) is 0. The number of fused-ring (bicyclic) bond motifs is 2. The van der Waals surface area contributed by atoms with Crippen molar-refractivity contribution in [3.05, 3.63) is 34.2 Å². The van der Waals surface area contributed by atoms with Gasteiger partial charge in [0, 0.05) is 12.2 Å². The van der Waals surface area contributed by atoms with Gasteiger partial charge in [0.2, 0.25) is 0 Å². The number of anilines is 1. The molecule has 4 heteroatoms. The molecule has 1 N–H and O–H groups in total. The Labute approximate surface area is 123 Å². The quantitative estimate of drug-likeness (QED) is 0.810. The lowest BCUT2D eigenvalue weighted by Gasteiger charge is -2.17. The van der Waals surface area contributed by atoms with Gasteiger partial charge in [0.15, 0.2) is 0 Å². The third kappa shape index (κ3) is 2.24. The fraction of sp³-hybridized carbons (Fsp3) is 0.438. The van der Waals surface area contributed by atoms with Crippen LogP contribution in [0.5, 0.6) is 0 Å². The van der Waals surface area contributed by atoms with Crippen molar-refractivity contribution in [1.29, 1.82) is 0 Å². The average Bonchev–Trinajstić information content (AvgIpc) is 2.68. The molecule has 1 aliphatic rings. The van der Waals surface area contributed by atoms with Gasteiger partial charge in [-0.2, -0.15) is 0 Å². The summed E-state index contributed by atoms with van der Waals surface area (Å²) >= 11 is 6.23. The molecule has 0 saturated heterocycles. The van der Waals surface area contributed by atoms with Crippen LogP contribution in [0.25, 0.3) is 10.9 Å². The molecule has 0 fully saturated rings. The monoisotopic (exact) mass is 292 g/mol. The molecule has 0 atom stereocenters. The van der Waals surface area contributed by atoms with Gasteiger partial charge < -0.3 is 5.32 Å². The molecule has 1 heterocycles. The Hall–Kier alpha value is -1.35. The lowest BCUT2D eigenvalue weighted by atomic mass is 10.0. The minimum absolute atomic E-state index is 0.250. The first kappa shape index (κ1) is 13.6. The largest absolute Gasteiger partial charge is 0.384 e. The Kier molecular flexibility index (Phi) is 3.79. The molecule has 0 aliphatic heterocycles. The van der Waals surface area contributed by atoms with Gasteiger partial charge in [0.05, 0.1) is 21.6 Å². The van der Waals surface area contributed by atoms with Crippen molar-refractivity contribution >= 4 is 28.2 Å². The molecule has 106 valence electrons. The number of benzene rings is 1. The SMILES string of the molecule is CCNc1c2c(nc3c(Cl)ccc(F)c13)CCCCC2. The van der Waals surface area contributed by atoms with E-state index >= 15 is 0 Å². The smallest absolute Gasteiger partial charge is 0.134 e. The number of aromatic nitrogens is 1. The van der Waals surface area contributed by atoms with Crippen LogP contribution >= 0.6 is 11.6 Å². The number of aryl methyl sites for hydroxylation is 1. The highest BCUT2D eigenvalue weighted by atomic mass is 35.5. The van der Waals surface area contributed by atoms with Crippen LogP contribution in [-0.2, 0) is 12.8 Å². The molecule has 1 aromatic carbocycles. The zero-order valence-electron chi connectivity index (χ0n) is 11.6. The minimum atomic E-state index is -0.250. The van der Waals surface area contributed by atoms with E-state index in [1.807, 2.05) is 6.92 Å². The lowest BCUT2D eigenvalue weighted by Crippen LogP contribution is -2.07. The van der Waals surface area contributed by atoms with Crippen LogP contribution in [0.4, 0.5) is 10.1 Å². The maximum Gasteiger partial charge on any atom is 0.134 e. The first-order valence-electron chi connectivity index (χ1n) is 7.25. The van der Waals surface area contributed by atoms with Crippen LogP contribution in [0, 0.1) is 5.82 Å². The summed E-state index contributed by atoms with van der Waals surface area (Å²) in [4.78, 5) is 4.67. The minimum Gasteiger partial charge on any atom is -0.384 e. The highest BCUT2D eigenvalue weighted by Crippen LogP contribution is 2.36. The van der Waals surface area contributed by atoms with E-state index in [1.165, 1.54) is 18.1 Å². The van der Waals surface area contributed by atoms with Crippen molar-refractivity contribution in [2.24, 2.45) is 0 Å². The first-order chi connectivity index (χ1) is 9.72. The molecule has 0 amide bonds. The third-order valence-electron chi connectivity index (χ3n) is 3.92. The summed E-state index contributed by atoms with van der Waals surface area (Å²) in [6, 6.07) is 3.02. The van der Waals surface area contributed by atoms with E-state index < -0.39 is 0 Å². The van der Waals surface area contributed by atoms with Gasteiger partial charge in [-0.1, -0.05) is 18.0 Å². The second kappa shape index (κ2) is 5.57. The van der Waals surface area contributed by atoms with E-state index in [0.717, 1.165) is 43.6 Å². The maximum atomic E-state index is 14.3. The molecule has 20 heavy (non-hydrogen) atoms. The summed E-state index contributed by atoms with van der Waals surface area (Å²) in [6.07, 6.45) is 5.41. The van der Waals surface area contributed by atoms with Crippen molar-refractivity contribution in [3.63, 3.8) is 0 Å². The molecule has 2 nitrogen and oxygen atoms in total. The molecule has 1 aromatic heterocycles. The summed E-state index contributed by atoms with van der Waals surface area (Å²) < 4.78 is 14.3. The van der Waals surface area contributed by atoms with Crippen LogP contribution in [-0.4, -0.2) is 11.5 Å². The molecule has 3 rings (SSSR count). The molecule has 0 bridgehead atoms. The van der Waals surface area contributed by atoms with Crippen molar-refractivity contribution in [1.82, 2.24) is 4.98 Å². The Bertz CT molecular complexity index is 655. The Morgan fingerprint density at radius 2 is 2.05 bits per heavy atom. The molecule has 0 saturated carbocycles. The van der Waals surface area contributed by atoms with Gasteiger partial charge in [-0.3, -0.25) is 4.98 Å². The fourth-order valence-electron chi connectivity index (χ4n) is 3.00. The molecule has 1 aliphatic carbocycles. The summed E-state index contributed by atoms with van der Waals surface area (Å²) in [5, 5.41) is 4.40. The normalized spacial score (nSPS) is 14.9. The van der Waals surface area contributed by atoms with Gasteiger partial charge in [0.25, 0.3) is 0 Å². The number of halogens is 2. The number of nitrogens with one attached hydrogen (secondary N) is 1. The van der Waals surface area contributed by atoms with Gasteiger partial charge in [-0.05, 0) is 50.3 Å². The van der Waals surface area contributed by atoms with Gasteiger partial charge in [-0.15, -0.1) is 0 Å². The Morgan fingerprint density at radius 1 is 1.25 bits per heavy atom. The van der Waals surface area contributed by atoms with Crippen LogP contribution < -0.4 is 5.32 Å². The van der Waals surface area contributed by atoms with E-state index in [0.29, 0.717) is 15.9 Å². The number of hydrogen-bond acceptors (Lipinski definition) is 2. The molecule has 0 radical (unpaired) electrons. The summed E-state index contributed by atoms with van der Waals surface area (Å²) in [5.41, 5.74) is 3.74. The highest BCUT2D eigenvalue weighted by molar-refractivity contribution is 6.35. The topological polar surface area (TPSA) is 24.9 Å². The first-order valence-corrected chi connectivity index (χ1v) is 7.63. The number of pyridine rings is 1. The van der Waals surface area contributed by atoms with Crippen LogP contribution in [0.3, 0.4) is 0 Å². The predicted octanol–water partition coefficient (Wildman–Crippen LogP) is 4.73. The second-order valence-corrected chi connectivity index (χ2v) is 5.66. The Morgan fingerprint density at radius 3 is 2.85 bits per heavy atom. The molecular weight excluding hydrogens is 275 g/mol. The molecule has 2 aromatic rings. The van der Waals surface area contributed by atoms with E-state index in [-0.39, 0.29) is 5.82 Å². The van der Waals surface area contributed by atoms with Crippen molar-refractivity contribution in [2.45, 2.75) is 39.0 Å². The second-order valence-electron chi connectivity index (χ2n) is 5.26. The van der Waals surface area contributed by atoms with Crippen molar-refractivity contribution in [3.8, 4) is 0 Å². The zero-order chi connectivity index (χ0) is 14.1. The molecule has 0 unspecified atom stereocenters. The summed E-state index contributed by atoms with van der Waals surface area (Å²) in [6.45, 7) is 2.79. The van der Waals surface area contributed by atoms with E-state index in [2.05, 4.69) is 10.3 Å². The van der Waals surface area contributed by atoms with Gasteiger partial charge in [0.1, 0.15) is 5.82 Å². The average molecular weight is 293 g/mol. The zero-order valence-corrected chi connectivity index (χ0v) is 12.4. The predicted molar refractivity (Wildman–Crippen MR) is 82.1 cm³/mol. The standard InChI is InChI=1S/C16H18ClFN2/c1-2-19-15-10-6-4-3-5-7-13(10)20-16-11(17)8-9-12(18)14(15)16/h8-9H,2-7H2,1H3,(H,19,20). The molecule has 0 spiro atoms. The number of rotatable bonds is 2. The number of hydrogen-bond donors (Lipinski definition) is 1. The van der Waals surface area contributed by atoms with Crippen LogP contribution in [0.2, 0.25) is 5.02 Å². The summed E-state index contributed by atoms with van der Waals surface area (Å²) in [5.74, 6) is -0.250. The van der Waals surface area contributed by atoms with Gasteiger partial charge >= 0.3 is 0 Å². The highest BCUT2D eigenvalue weighted by Gasteiger charge is 2.20. The number of nitrogens with zero attached hydrogens (tertiary/aromatic N) is 1. The third-order valence-corrected chi connectivity index (χ3v) is 4.22. The van der Waals surface area contributed by atoms with Crippen LogP contribution in [0.15, 0.2) is 12.1 Å².